The lowest BCUT2D eigenvalue weighted by molar-refractivity contribution is 0.102. The van der Waals surface area contributed by atoms with Crippen molar-refractivity contribution in [3.63, 3.8) is 0 Å². The first-order chi connectivity index (χ1) is 8.97. The number of nitrogens with one attached hydrogen (secondary N) is 1. The molecule has 0 aliphatic carbocycles. The van der Waals surface area contributed by atoms with E-state index in [0.29, 0.717) is 10.2 Å². The quantitative estimate of drug-likeness (QED) is 0.759. The Hall–Kier alpha value is -1.40. The number of anilines is 2. The highest BCUT2D eigenvalue weighted by Gasteiger charge is 2.13. The summed E-state index contributed by atoms with van der Waals surface area (Å²) in [7, 11) is 0. The van der Waals surface area contributed by atoms with Crippen molar-refractivity contribution in [3.8, 4) is 0 Å². The Bertz CT molecular complexity index is 647. The van der Waals surface area contributed by atoms with Gasteiger partial charge in [-0.15, -0.1) is 0 Å². The van der Waals surface area contributed by atoms with E-state index in [2.05, 4.69) is 37.2 Å². The van der Waals surface area contributed by atoms with Gasteiger partial charge in [0.25, 0.3) is 5.91 Å². The third kappa shape index (κ3) is 3.33. The first kappa shape index (κ1) is 14.0. The Morgan fingerprint density at radius 1 is 1.16 bits per heavy atom. The van der Waals surface area contributed by atoms with Crippen LogP contribution in [0.5, 0.6) is 0 Å². The summed E-state index contributed by atoms with van der Waals surface area (Å²) < 4.78 is 15.1. The van der Waals surface area contributed by atoms with Crippen molar-refractivity contribution in [2.75, 3.05) is 11.1 Å². The average Bonchev–Trinajstić information content (AvgIpc) is 2.33. The Morgan fingerprint density at radius 3 is 2.58 bits per heavy atom. The van der Waals surface area contributed by atoms with Gasteiger partial charge in [0, 0.05) is 14.6 Å². The first-order valence-electron chi connectivity index (χ1n) is 5.29. The minimum Gasteiger partial charge on any atom is -0.399 e. The fourth-order valence-corrected chi connectivity index (χ4v) is 2.21. The average molecular weight is 388 g/mol. The number of hydrogen-bond acceptors (Lipinski definition) is 2. The highest BCUT2D eigenvalue weighted by Crippen LogP contribution is 2.27. The second kappa shape index (κ2) is 5.71. The lowest BCUT2D eigenvalue weighted by Gasteiger charge is -2.09. The zero-order chi connectivity index (χ0) is 14.0. The van der Waals surface area contributed by atoms with Gasteiger partial charge in [0.1, 0.15) is 5.82 Å². The van der Waals surface area contributed by atoms with Crippen LogP contribution in [0.2, 0.25) is 0 Å². The monoisotopic (exact) mass is 386 g/mol. The van der Waals surface area contributed by atoms with Crippen molar-refractivity contribution in [2.45, 2.75) is 0 Å². The highest BCUT2D eigenvalue weighted by atomic mass is 79.9. The third-order valence-corrected chi connectivity index (χ3v) is 3.60. The van der Waals surface area contributed by atoms with Gasteiger partial charge in [0.15, 0.2) is 0 Å². The van der Waals surface area contributed by atoms with E-state index in [4.69, 9.17) is 5.73 Å². The van der Waals surface area contributed by atoms with E-state index in [1.54, 1.807) is 12.1 Å². The lowest BCUT2D eigenvalue weighted by atomic mass is 10.1. The number of halogens is 3. The fraction of sp³-hybridized carbons (Fsp3) is 0. The van der Waals surface area contributed by atoms with E-state index in [9.17, 15) is 9.18 Å². The molecule has 2 rings (SSSR count). The molecule has 2 aromatic carbocycles. The SMILES string of the molecule is Nc1ccc(C(=O)Nc2cc(Br)ccc2Br)c(F)c1. The van der Waals surface area contributed by atoms with E-state index in [-0.39, 0.29) is 11.3 Å². The molecule has 0 spiro atoms. The molecule has 0 atom stereocenters. The Balaban J connectivity index is 2.28. The molecule has 1 amide bonds. The Kier molecular flexibility index (Phi) is 4.21. The zero-order valence-electron chi connectivity index (χ0n) is 9.58. The van der Waals surface area contributed by atoms with Crippen molar-refractivity contribution in [3.05, 3.63) is 56.7 Å². The van der Waals surface area contributed by atoms with Crippen molar-refractivity contribution < 1.29 is 9.18 Å². The van der Waals surface area contributed by atoms with Crippen molar-refractivity contribution in [1.82, 2.24) is 0 Å². The molecule has 0 aliphatic rings. The fourth-order valence-electron chi connectivity index (χ4n) is 1.50. The smallest absolute Gasteiger partial charge is 0.258 e. The van der Waals surface area contributed by atoms with Gasteiger partial charge in [-0.25, -0.2) is 4.39 Å². The predicted octanol–water partition coefficient (Wildman–Crippen LogP) is 4.19. The number of nitrogen functional groups attached to an aromatic ring is 1. The molecule has 2 aromatic rings. The van der Waals surface area contributed by atoms with Crippen LogP contribution < -0.4 is 11.1 Å². The maximum atomic E-state index is 13.6. The summed E-state index contributed by atoms with van der Waals surface area (Å²) >= 11 is 6.62. The molecule has 3 nitrogen and oxygen atoms in total. The van der Waals surface area contributed by atoms with Crippen LogP contribution in [0, 0.1) is 5.82 Å². The van der Waals surface area contributed by atoms with Crippen LogP contribution in [-0.2, 0) is 0 Å². The molecular weight excluding hydrogens is 379 g/mol. The lowest BCUT2D eigenvalue weighted by Crippen LogP contribution is -2.14. The maximum Gasteiger partial charge on any atom is 0.258 e. The van der Waals surface area contributed by atoms with Crippen LogP contribution in [0.1, 0.15) is 10.4 Å². The van der Waals surface area contributed by atoms with Crippen molar-refractivity contribution in [1.29, 1.82) is 0 Å². The van der Waals surface area contributed by atoms with E-state index >= 15 is 0 Å². The summed E-state index contributed by atoms with van der Waals surface area (Å²) in [5.41, 5.74) is 6.21. The van der Waals surface area contributed by atoms with E-state index in [1.807, 2.05) is 6.07 Å². The van der Waals surface area contributed by atoms with Gasteiger partial charge in [0.2, 0.25) is 0 Å². The molecule has 0 saturated carbocycles. The maximum absolute atomic E-state index is 13.6. The summed E-state index contributed by atoms with van der Waals surface area (Å²) in [5, 5.41) is 2.63. The van der Waals surface area contributed by atoms with Gasteiger partial charge in [0.05, 0.1) is 11.3 Å². The summed E-state index contributed by atoms with van der Waals surface area (Å²) in [6.07, 6.45) is 0. The summed E-state index contributed by atoms with van der Waals surface area (Å²) in [6, 6.07) is 9.27. The topological polar surface area (TPSA) is 55.1 Å². The van der Waals surface area contributed by atoms with Crippen molar-refractivity contribution >= 4 is 49.1 Å². The molecule has 0 heterocycles. The normalized spacial score (nSPS) is 10.3. The van der Waals surface area contributed by atoms with Gasteiger partial charge in [-0.3, -0.25) is 4.79 Å². The van der Waals surface area contributed by atoms with Gasteiger partial charge < -0.3 is 11.1 Å². The molecule has 0 aliphatic heterocycles. The van der Waals surface area contributed by atoms with Crippen molar-refractivity contribution in [2.24, 2.45) is 0 Å². The number of benzene rings is 2. The van der Waals surface area contributed by atoms with E-state index in [0.717, 1.165) is 10.5 Å². The van der Waals surface area contributed by atoms with Gasteiger partial charge in [-0.05, 0) is 52.3 Å². The number of nitrogens with two attached hydrogens (primary N) is 1. The minimum absolute atomic E-state index is 0.0546. The number of rotatable bonds is 2. The molecule has 0 radical (unpaired) electrons. The van der Waals surface area contributed by atoms with Gasteiger partial charge in [-0.1, -0.05) is 15.9 Å². The largest absolute Gasteiger partial charge is 0.399 e. The van der Waals surface area contributed by atoms with Crippen LogP contribution >= 0.6 is 31.9 Å². The van der Waals surface area contributed by atoms with Crippen LogP contribution in [0.4, 0.5) is 15.8 Å². The molecule has 19 heavy (non-hydrogen) atoms. The number of hydrogen-bond donors (Lipinski definition) is 2. The van der Waals surface area contributed by atoms with Crippen LogP contribution in [0.15, 0.2) is 45.3 Å². The predicted molar refractivity (Wildman–Crippen MR) is 80.6 cm³/mol. The second-order valence-corrected chi connectivity index (χ2v) is 5.59. The summed E-state index contributed by atoms with van der Waals surface area (Å²) in [5.74, 6) is -1.18. The van der Waals surface area contributed by atoms with E-state index < -0.39 is 11.7 Å². The van der Waals surface area contributed by atoms with Crippen LogP contribution in [-0.4, -0.2) is 5.91 Å². The number of carbonyl (C=O) groups excluding carboxylic acids is 1. The number of carbonyl (C=O) groups is 1. The molecule has 0 saturated heterocycles. The van der Waals surface area contributed by atoms with Crippen LogP contribution in [0.25, 0.3) is 0 Å². The molecular formula is C13H9Br2FN2O. The molecule has 6 heteroatoms. The second-order valence-electron chi connectivity index (χ2n) is 3.82. The molecule has 98 valence electrons. The Morgan fingerprint density at radius 2 is 1.89 bits per heavy atom. The molecule has 0 unspecified atom stereocenters. The first-order valence-corrected chi connectivity index (χ1v) is 6.87. The number of amides is 1. The molecule has 0 fully saturated rings. The molecule has 0 aromatic heterocycles. The molecule has 3 N–H and O–H groups in total. The minimum atomic E-state index is -0.649. The molecule has 0 bridgehead atoms. The van der Waals surface area contributed by atoms with Crippen LogP contribution in [0.3, 0.4) is 0 Å². The third-order valence-electron chi connectivity index (χ3n) is 2.41. The van der Waals surface area contributed by atoms with Gasteiger partial charge >= 0.3 is 0 Å². The standard InChI is InChI=1S/C13H9Br2FN2O/c14-7-1-4-10(15)12(5-7)18-13(19)9-3-2-8(17)6-11(9)16/h1-6H,17H2,(H,18,19). The Labute approximate surface area is 126 Å². The van der Waals surface area contributed by atoms with E-state index in [1.165, 1.54) is 12.1 Å². The summed E-state index contributed by atoms with van der Waals surface area (Å²) in [4.78, 5) is 12.0. The van der Waals surface area contributed by atoms with Gasteiger partial charge in [-0.2, -0.15) is 0 Å². The zero-order valence-corrected chi connectivity index (χ0v) is 12.8. The highest BCUT2D eigenvalue weighted by molar-refractivity contribution is 9.11. The summed E-state index contributed by atoms with van der Waals surface area (Å²) in [6.45, 7) is 0.